The number of aryl methyl sites for hydroxylation is 1. The normalized spacial score (nSPS) is 20.5. The molecular weight excluding hydrogens is 262 g/mol. The van der Waals surface area contributed by atoms with Crippen LogP contribution in [-0.4, -0.2) is 54.2 Å². The fourth-order valence-electron chi connectivity index (χ4n) is 2.51. The van der Waals surface area contributed by atoms with Crippen molar-refractivity contribution in [2.24, 2.45) is 0 Å². The molecule has 1 unspecified atom stereocenters. The highest BCUT2D eigenvalue weighted by atomic mass is 32.1. The number of likely N-dealkylation sites (tertiary alicyclic amines) is 1. The Morgan fingerprint density at radius 1 is 1.63 bits per heavy atom. The van der Waals surface area contributed by atoms with Crippen LogP contribution in [0.3, 0.4) is 0 Å². The summed E-state index contributed by atoms with van der Waals surface area (Å²) in [6.07, 6.45) is 2.99. The molecule has 1 aromatic rings. The summed E-state index contributed by atoms with van der Waals surface area (Å²) in [4.78, 5) is 20.5. The Hall–Kier alpha value is -1.14. The number of piperidine rings is 1. The van der Waals surface area contributed by atoms with Gasteiger partial charge in [0.25, 0.3) is 0 Å². The molecule has 2 heterocycles. The number of likely N-dealkylation sites (N-methyl/N-ethyl adjacent to an activating group) is 2. The van der Waals surface area contributed by atoms with Crippen LogP contribution in [0.2, 0.25) is 0 Å². The van der Waals surface area contributed by atoms with E-state index in [2.05, 4.69) is 21.8 Å². The van der Waals surface area contributed by atoms with Crippen molar-refractivity contribution < 1.29 is 9.90 Å². The Morgan fingerprint density at radius 3 is 2.89 bits per heavy atom. The van der Waals surface area contributed by atoms with E-state index < -0.39 is 5.97 Å². The van der Waals surface area contributed by atoms with Crippen LogP contribution in [-0.2, 0) is 6.42 Å². The van der Waals surface area contributed by atoms with Crippen molar-refractivity contribution in [1.29, 1.82) is 0 Å². The number of carboxylic acid groups (broad SMARTS) is 1. The zero-order chi connectivity index (χ0) is 14.0. The summed E-state index contributed by atoms with van der Waals surface area (Å²) in [5.41, 5.74) is 0.698. The number of anilines is 1. The minimum Gasteiger partial charge on any atom is -0.477 e. The number of hydrogen-bond donors (Lipinski definition) is 1. The summed E-state index contributed by atoms with van der Waals surface area (Å²) < 4.78 is 0. The van der Waals surface area contributed by atoms with E-state index in [0.29, 0.717) is 23.0 Å². The molecule has 5 nitrogen and oxygen atoms in total. The second-order valence-electron chi connectivity index (χ2n) is 5.10. The molecule has 0 amide bonds. The number of rotatable bonds is 4. The third-order valence-corrected chi connectivity index (χ3v) is 4.84. The summed E-state index contributed by atoms with van der Waals surface area (Å²) in [5.74, 6) is -0.866. The Labute approximate surface area is 117 Å². The molecule has 0 aliphatic carbocycles. The number of hydrogen-bond acceptors (Lipinski definition) is 5. The molecule has 0 aromatic carbocycles. The van der Waals surface area contributed by atoms with Crippen molar-refractivity contribution in [3.63, 3.8) is 0 Å². The van der Waals surface area contributed by atoms with E-state index >= 15 is 0 Å². The fraction of sp³-hybridized carbons (Fsp3) is 0.692. The lowest BCUT2D eigenvalue weighted by molar-refractivity contribution is 0.0701. The van der Waals surface area contributed by atoms with Gasteiger partial charge in [-0.25, -0.2) is 9.78 Å². The fourth-order valence-corrected chi connectivity index (χ4v) is 3.53. The van der Waals surface area contributed by atoms with Crippen LogP contribution in [0.25, 0.3) is 0 Å². The van der Waals surface area contributed by atoms with E-state index in [9.17, 15) is 9.90 Å². The molecule has 6 heteroatoms. The number of aromatic carboxylic acids is 1. The molecule has 1 atom stereocenters. The molecule has 106 valence electrons. The van der Waals surface area contributed by atoms with Crippen molar-refractivity contribution in [2.45, 2.75) is 32.2 Å². The van der Waals surface area contributed by atoms with Gasteiger partial charge in [0, 0.05) is 19.6 Å². The SMILES string of the molecule is CCc1nc(N(C)C2CCCN(C)C2)sc1C(=O)O. The first-order chi connectivity index (χ1) is 9.02. The van der Waals surface area contributed by atoms with Gasteiger partial charge in [-0.1, -0.05) is 18.3 Å². The van der Waals surface area contributed by atoms with Gasteiger partial charge in [0.2, 0.25) is 0 Å². The molecule has 0 spiro atoms. The standard InChI is InChI=1S/C13H21N3O2S/c1-4-10-11(12(17)18)19-13(14-10)16(3)9-6-5-7-15(2)8-9/h9H,4-8H2,1-3H3,(H,17,18). The third kappa shape index (κ3) is 3.06. The minimum absolute atomic E-state index is 0.383. The largest absolute Gasteiger partial charge is 0.477 e. The van der Waals surface area contributed by atoms with Gasteiger partial charge >= 0.3 is 5.97 Å². The van der Waals surface area contributed by atoms with E-state index in [-0.39, 0.29) is 0 Å². The second-order valence-corrected chi connectivity index (χ2v) is 6.08. The number of carboxylic acids is 1. The first kappa shape index (κ1) is 14.3. The zero-order valence-electron chi connectivity index (χ0n) is 11.7. The molecule has 1 saturated heterocycles. The van der Waals surface area contributed by atoms with Gasteiger partial charge in [0.1, 0.15) is 4.88 Å². The number of aromatic nitrogens is 1. The van der Waals surface area contributed by atoms with Crippen LogP contribution < -0.4 is 4.90 Å². The molecule has 0 bridgehead atoms. The highest BCUT2D eigenvalue weighted by Gasteiger charge is 2.25. The van der Waals surface area contributed by atoms with Gasteiger partial charge in [0.15, 0.2) is 5.13 Å². The average Bonchev–Trinajstić information content (AvgIpc) is 2.82. The van der Waals surface area contributed by atoms with Gasteiger partial charge in [-0.3, -0.25) is 0 Å². The minimum atomic E-state index is -0.866. The smallest absolute Gasteiger partial charge is 0.347 e. The molecule has 1 N–H and O–H groups in total. The molecular formula is C13H21N3O2S. The molecule has 1 aromatic heterocycles. The van der Waals surface area contributed by atoms with Gasteiger partial charge in [-0.15, -0.1) is 0 Å². The molecule has 2 rings (SSSR count). The number of thiazole rings is 1. The van der Waals surface area contributed by atoms with E-state index in [1.807, 2.05) is 14.0 Å². The first-order valence-electron chi connectivity index (χ1n) is 6.67. The van der Waals surface area contributed by atoms with Crippen LogP contribution in [0.1, 0.15) is 35.1 Å². The highest BCUT2D eigenvalue weighted by Crippen LogP contribution is 2.29. The van der Waals surface area contributed by atoms with Crippen LogP contribution >= 0.6 is 11.3 Å². The van der Waals surface area contributed by atoms with Crippen molar-refractivity contribution in [1.82, 2.24) is 9.88 Å². The molecule has 0 radical (unpaired) electrons. The second kappa shape index (κ2) is 5.88. The Kier molecular flexibility index (Phi) is 4.42. The molecule has 1 aliphatic rings. The van der Waals surface area contributed by atoms with E-state index in [0.717, 1.165) is 24.6 Å². The highest BCUT2D eigenvalue weighted by molar-refractivity contribution is 7.17. The predicted octanol–water partition coefficient (Wildman–Crippen LogP) is 1.93. The van der Waals surface area contributed by atoms with E-state index in [1.54, 1.807) is 0 Å². The monoisotopic (exact) mass is 283 g/mol. The Bertz CT molecular complexity index is 461. The summed E-state index contributed by atoms with van der Waals surface area (Å²) >= 11 is 1.29. The molecule has 1 aliphatic heterocycles. The van der Waals surface area contributed by atoms with E-state index in [4.69, 9.17) is 0 Å². The Balaban J connectivity index is 2.18. The Morgan fingerprint density at radius 2 is 2.37 bits per heavy atom. The zero-order valence-corrected chi connectivity index (χ0v) is 12.5. The van der Waals surface area contributed by atoms with Gasteiger partial charge in [0.05, 0.1) is 5.69 Å². The van der Waals surface area contributed by atoms with E-state index in [1.165, 1.54) is 17.8 Å². The lowest BCUT2D eigenvalue weighted by atomic mass is 10.1. The van der Waals surface area contributed by atoms with Gasteiger partial charge < -0.3 is 14.9 Å². The quantitative estimate of drug-likeness (QED) is 0.915. The van der Waals surface area contributed by atoms with Crippen molar-refractivity contribution >= 4 is 22.4 Å². The topological polar surface area (TPSA) is 56.7 Å². The molecule has 19 heavy (non-hydrogen) atoms. The van der Waals surface area contributed by atoms with Crippen molar-refractivity contribution in [3.8, 4) is 0 Å². The van der Waals surface area contributed by atoms with Gasteiger partial charge in [-0.05, 0) is 32.9 Å². The van der Waals surface area contributed by atoms with Crippen LogP contribution in [0, 0.1) is 0 Å². The number of nitrogens with zero attached hydrogens (tertiary/aromatic N) is 3. The number of carbonyl (C=O) groups is 1. The first-order valence-corrected chi connectivity index (χ1v) is 7.49. The maximum absolute atomic E-state index is 11.2. The maximum atomic E-state index is 11.2. The summed E-state index contributed by atoms with van der Waals surface area (Å²) in [5, 5.41) is 10.0. The summed E-state index contributed by atoms with van der Waals surface area (Å²) in [7, 11) is 4.15. The van der Waals surface area contributed by atoms with Crippen LogP contribution in [0.15, 0.2) is 0 Å². The lowest BCUT2D eigenvalue weighted by Crippen LogP contribution is -2.45. The van der Waals surface area contributed by atoms with Gasteiger partial charge in [-0.2, -0.15) is 0 Å². The lowest BCUT2D eigenvalue weighted by Gasteiger charge is -2.35. The predicted molar refractivity (Wildman–Crippen MR) is 77.4 cm³/mol. The van der Waals surface area contributed by atoms with Crippen LogP contribution in [0.5, 0.6) is 0 Å². The van der Waals surface area contributed by atoms with Crippen molar-refractivity contribution in [2.75, 3.05) is 32.1 Å². The maximum Gasteiger partial charge on any atom is 0.347 e. The third-order valence-electron chi connectivity index (χ3n) is 3.66. The molecule has 0 saturated carbocycles. The summed E-state index contributed by atoms with van der Waals surface area (Å²) in [6, 6.07) is 0.427. The summed E-state index contributed by atoms with van der Waals surface area (Å²) in [6.45, 7) is 4.10. The average molecular weight is 283 g/mol. The van der Waals surface area contributed by atoms with Crippen molar-refractivity contribution in [3.05, 3.63) is 10.6 Å². The van der Waals surface area contributed by atoms with Crippen LogP contribution in [0.4, 0.5) is 5.13 Å². The molecule has 1 fully saturated rings.